The molecule has 1 aliphatic heterocycles. The van der Waals surface area contributed by atoms with Gasteiger partial charge in [0, 0.05) is 18.8 Å². The lowest BCUT2D eigenvalue weighted by molar-refractivity contribution is -0.137. The fraction of sp³-hybridized carbons (Fsp3) is 0.350. The molecule has 0 unspecified atom stereocenters. The SMILES string of the molecule is O=C(CNC1(c2ccc(F)cc2)CCOCC1)Nc1cc(C(F)(F)F)ccc1Cl. The molecule has 1 amide bonds. The van der Waals surface area contributed by atoms with E-state index in [-0.39, 0.29) is 23.1 Å². The zero-order valence-corrected chi connectivity index (χ0v) is 16.0. The van der Waals surface area contributed by atoms with E-state index in [4.69, 9.17) is 16.3 Å². The molecule has 1 heterocycles. The number of anilines is 1. The largest absolute Gasteiger partial charge is 0.416 e. The molecule has 0 saturated carbocycles. The van der Waals surface area contributed by atoms with Crippen molar-refractivity contribution < 1.29 is 27.1 Å². The van der Waals surface area contributed by atoms with Crippen LogP contribution >= 0.6 is 11.6 Å². The standard InChI is InChI=1S/C20H19ClF4N2O2/c21-16-6-3-14(20(23,24)25)11-17(16)27-18(28)12-26-19(7-9-29-10-8-19)13-1-4-15(22)5-2-13/h1-6,11,26H,7-10,12H2,(H,27,28). The van der Waals surface area contributed by atoms with Crippen molar-refractivity contribution in [2.45, 2.75) is 24.6 Å². The monoisotopic (exact) mass is 430 g/mol. The summed E-state index contributed by atoms with van der Waals surface area (Å²) in [6.45, 7) is 0.765. The molecule has 156 valence electrons. The van der Waals surface area contributed by atoms with Crippen LogP contribution in [0.15, 0.2) is 42.5 Å². The highest BCUT2D eigenvalue weighted by atomic mass is 35.5. The Morgan fingerprint density at radius 2 is 1.76 bits per heavy atom. The predicted molar refractivity (Wildman–Crippen MR) is 101 cm³/mol. The summed E-state index contributed by atoms with van der Waals surface area (Å²) in [6, 6.07) is 8.72. The van der Waals surface area contributed by atoms with Crippen molar-refractivity contribution >= 4 is 23.2 Å². The first-order valence-corrected chi connectivity index (χ1v) is 9.33. The third-order valence-electron chi connectivity index (χ3n) is 4.90. The molecular weight excluding hydrogens is 412 g/mol. The highest BCUT2D eigenvalue weighted by Gasteiger charge is 2.35. The highest BCUT2D eigenvalue weighted by molar-refractivity contribution is 6.33. The van der Waals surface area contributed by atoms with E-state index in [2.05, 4.69) is 10.6 Å². The van der Waals surface area contributed by atoms with Gasteiger partial charge in [-0.3, -0.25) is 10.1 Å². The average Bonchev–Trinajstić information content (AvgIpc) is 2.68. The Bertz CT molecular complexity index is 866. The van der Waals surface area contributed by atoms with E-state index in [0.717, 1.165) is 23.8 Å². The van der Waals surface area contributed by atoms with Crippen LogP contribution in [0.1, 0.15) is 24.0 Å². The van der Waals surface area contributed by atoms with E-state index < -0.39 is 23.2 Å². The van der Waals surface area contributed by atoms with Crippen molar-refractivity contribution in [3.8, 4) is 0 Å². The molecule has 3 rings (SSSR count). The van der Waals surface area contributed by atoms with Crippen LogP contribution in [0.4, 0.5) is 23.2 Å². The van der Waals surface area contributed by atoms with E-state index in [1.165, 1.54) is 12.1 Å². The summed E-state index contributed by atoms with van der Waals surface area (Å²) in [5, 5.41) is 5.60. The van der Waals surface area contributed by atoms with Gasteiger partial charge in [0.15, 0.2) is 0 Å². The summed E-state index contributed by atoms with van der Waals surface area (Å²) in [4.78, 5) is 12.4. The molecule has 0 atom stereocenters. The minimum absolute atomic E-state index is 0.00524. The van der Waals surface area contributed by atoms with Crippen LogP contribution in [-0.2, 0) is 21.2 Å². The topological polar surface area (TPSA) is 50.4 Å². The molecule has 1 fully saturated rings. The summed E-state index contributed by atoms with van der Waals surface area (Å²) < 4.78 is 57.3. The number of ether oxygens (including phenoxy) is 1. The van der Waals surface area contributed by atoms with Crippen LogP contribution < -0.4 is 10.6 Å². The molecule has 0 aromatic heterocycles. The van der Waals surface area contributed by atoms with Crippen LogP contribution in [0.5, 0.6) is 0 Å². The number of alkyl halides is 3. The van der Waals surface area contributed by atoms with Crippen molar-refractivity contribution in [1.82, 2.24) is 5.32 Å². The zero-order chi connectivity index (χ0) is 21.1. The van der Waals surface area contributed by atoms with Gasteiger partial charge in [-0.2, -0.15) is 13.2 Å². The van der Waals surface area contributed by atoms with Gasteiger partial charge in [-0.05, 0) is 48.7 Å². The molecule has 0 spiro atoms. The fourth-order valence-corrected chi connectivity index (χ4v) is 3.46. The van der Waals surface area contributed by atoms with Crippen LogP contribution in [0.2, 0.25) is 5.02 Å². The summed E-state index contributed by atoms with van der Waals surface area (Å²) in [5.74, 6) is -0.910. The minimum atomic E-state index is -4.54. The zero-order valence-electron chi connectivity index (χ0n) is 15.3. The molecule has 0 aliphatic carbocycles. The lowest BCUT2D eigenvalue weighted by Crippen LogP contribution is -2.49. The number of hydrogen-bond donors (Lipinski definition) is 2. The third-order valence-corrected chi connectivity index (χ3v) is 5.23. The molecule has 29 heavy (non-hydrogen) atoms. The second-order valence-corrected chi connectivity index (χ2v) is 7.20. The van der Waals surface area contributed by atoms with E-state index >= 15 is 0 Å². The first-order valence-electron chi connectivity index (χ1n) is 8.95. The summed E-state index contributed by atoms with van der Waals surface area (Å²) in [7, 11) is 0. The van der Waals surface area contributed by atoms with E-state index in [9.17, 15) is 22.4 Å². The normalized spacial score (nSPS) is 16.4. The summed E-state index contributed by atoms with van der Waals surface area (Å²) in [5.41, 5.74) is -0.804. The number of rotatable bonds is 5. The Hall–Kier alpha value is -2.16. The van der Waals surface area contributed by atoms with Crippen LogP contribution in [-0.4, -0.2) is 25.7 Å². The summed E-state index contributed by atoms with van der Waals surface area (Å²) in [6.07, 6.45) is -3.41. The van der Waals surface area contributed by atoms with E-state index in [1.54, 1.807) is 12.1 Å². The number of hydrogen-bond acceptors (Lipinski definition) is 3. The molecule has 0 bridgehead atoms. The van der Waals surface area contributed by atoms with Gasteiger partial charge in [-0.25, -0.2) is 4.39 Å². The fourth-order valence-electron chi connectivity index (χ4n) is 3.30. The molecule has 9 heteroatoms. The lowest BCUT2D eigenvalue weighted by atomic mass is 9.82. The van der Waals surface area contributed by atoms with Crippen molar-refractivity contribution in [2.75, 3.05) is 25.1 Å². The first-order chi connectivity index (χ1) is 13.7. The lowest BCUT2D eigenvalue weighted by Gasteiger charge is -2.38. The summed E-state index contributed by atoms with van der Waals surface area (Å²) >= 11 is 5.92. The number of amides is 1. The molecule has 2 aromatic rings. The molecule has 1 aliphatic rings. The Labute approximate surface area is 170 Å². The Kier molecular flexibility index (Phi) is 6.45. The maximum atomic E-state index is 13.3. The molecule has 2 aromatic carbocycles. The van der Waals surface area contributed by atoms with Gasteiger partial charge in [0.05, 0.1) is 22.8 Å². The number of benzene rings is 2. The van der Waals surface area contributed by atoms with E-state index in [1.807, 2.05) is 0 Å². The van der Waals surface area contributed by atoms with Crippen LogP contribution in [0.3, 0.4) is 0 Å². The molecule has 0 radical (unpaired) electrons. The van der Waals surface area contributed by atoms with Crippen molar-refractivity contribution in [3.05, 3.63) is 64.4 Å². The molecule has 2 N–H and O–H groups in total. The van der Waals surface area contributed by atoms with Gasteiger partial charge in [0.1, 0.15) is 5.82 Å². The quantitative estimate of drug-likeness (QED) is 0.674. The number of halogens is 5. The van der Waals surface area contributed by atoms with Gasteiger partial charge in [-0.1, -0.05) is 23.7 Å². The number of carbonyl (C=O) groups is 1. The Balaban J connectivity index is 1.72. The Morgan fingerprint density at radius 1 is 1.10 bits per heavy atom. The van der Waals surface area contributed by atoms with E-state index in [0.29, 0.717) is 26.1 Å². The smallest absolute Gasteiger partial charge is 0.381 e. The second-order valence-electron chi connectivity index (χ2n) is 6.80. The minimum Gasteiger partial charge on any atom is -0.381 e. The van der Waals surface area contributed by atoms with Crippen LogP contribution in [0.25, 0.3) is 0 Å². The maximum absolute atomic E-state index is 13.3. The van der Waals surface area contributed by atoms with Crippen molar-refractivity contribution in [3.63, 3.8) is 0 Å². The third kappa shape index (κ3) is 5.26. The van der Waals surface area contributed by atoms with Crippen molar-refractivity contribution in [2.24, 2.45) is 0 Å². The number of nitrogens with one attached hydrogen (secondary N) is 2. The second kappa shape index (κ2) is 8.69. The van der Waals surface area contributed by atoms with Crippen molar-refractivity contribution in [1.29, 1.82) is 0 Å². The van der Waals surface area contributed by atoms with Gasteiger partial charge in [0.2, 0.25) is 5.91 Å². The van der Waals surface area contributed by atoms with Gasteiger partial charge in [-0.15, -0.1) is 0 Å². The van der Waals surface area contributed by atoms with Gasteiger partial charge < -0.3 is 10.1 Å². The molecule has 1 saturated heterocycles. The first kappa shape index (κ1) is 21.5. The maximum Gasteiger partial charge on any atom is 0.416 e. The number of carbonyl (C=O) groups excluding carboxylic acids is 1. The highest BCUT2D eigenvalue weighted by Crippen LogP contribution is 2.34. The Morgan fingerprint density at radius 3 is 2.38 bits per heavy atom. The van der Waals surface area contributed by atoms with Gasteiger partial charge >= 0.3 is 6.18 Å². The average molecular weight is 431 g/mol. The predicted octanol–water partition coefficient (Wildman–Crippen LogP) is 4.73. The molecular formula is C20H19ClF4N2O2. The van der Waals surface area contributed by atoms with Crippen LogP contribution in [0, 0.1) is 5.82 Å². The van der Waals surface area contributed by atoms with Gasteiger partial charge in [0.25, 0.3) is 0 Å². The molecule has 4 nitrogen and oxygen atoms in total.